The first kappa shape index (κ1) is 19.1. The van der Waals surface area contributed by atoms with Gasteiger partial charge in [0.05, 0.1) is 0 Å². The number of alkyl halides is 3. The highest BCUT2D eigenvalue weighted by atomic mass is 19.4. The number of hydrogen-bond acceptors (Lipinski definition) is 2. The molecule has 2 bridgehead atoms. The van der Waals surface area contributed by atoms with Gasteiger partial charge in [-0.05, 0) is 28.6 Å². The Morgan fingerprint density at radius 3 is 2.08 bits per heavy atom. The average molecular weight is 348 g/mol. The first-order chi connectivity index (χ1) is 10.6. The van der Waals surface area contributed by atoms with Gasteiger partial charge in [-0.2, -0.15) is 13.2 Å². The predicted molar refractivity (Wildman–Crippen MR) is 84.0 cm³/mol. The smallest absolute Gasteiger partial charge is 0.340 e. The second-order valence-corrected chi connectivity index (χ2v) is 9.17. The Kier molecular flexibility index (Phi) is 4.26. The van der Waals surface area contributed by atoms with Crippen LogP contribution in [0.4, 0.5) is 13.2 Å². The van der Waals surface area contributed by atoms with E-state index >= 15 is 0 Å². The zero-order valence-electron chi connectivity index (χ0n) is 15.2. The van der Waals surface area contributed by atoms with E-state index in [1.54, 1.807) is 25.7 Å². The number of carbonyl (C=O) groups excluding carboxylic acids is 2. The van der Waals surface area contributed by atoms with Crippen molar-refractivity contribution in [1.82, 2.24) is 10.2 Å². The normalized spacial score (nSPS) is 30.4. The molecular weight excluding hydrogens is 321 g/mol. The summed E-state index contributed by atoms with van der Waals surface area (Å²) in [6.07, 6.45) is -3.97. The van der Waals surface area contributed by atoms with Crippen molar-refractivity contribution in [3.05, 3.63) is 0 Å². The first-order valence-electron chi connectivity index (χ1n) is 8.26. The predicted octanol–water partition coefficient (Wildman–Crippen LogP) is 2.97. The Balaban J connectivity index is 2.17. The third kappa shape index (κ3) is 3.02. The molecule has 138 valence electrons. The van der Waals surface area contributed by atoms with Crippen molar-refractivity contribution in [3.63, 3.8) is 0 Å². The molecule has 0 radical (unpaired) electrons. The highest BCUT2D eigenvalue weighted by Crippen LogP contribution is 2.63. The Morgan fingerprint density at radius 1 is 1.17 bits per heavy atom. The second kappa shape index (κ2) is 5.36. The number of carbonyl (C=O) groups is 2. The molecule has 4 nitrogen and oxygen atoms in total. The molecule has 0 spiro atoms. The van der Waals surface area contributed by atoms with E-state index in [2.05, 4.69) is 20.8 Å². The molecule has 2 heterocycles. The van der Waals surface area contributed by atoms with Crippen LogP contribution in [0.2, 0.25) is 0 Å². The topological polar surface area (TPSA) is 49.4 Å². The summed E-state index contributed by atoms with van der Waals surface area (Å²) >= 11 is 0. The van der Waals surface area contributed by atoms with Gasteiger partial charge in [0.15, 0.2) is 0 Å². The fraction of sp³-hybridized carbons (Fsp3) is 0.882. The summed E-state index contributed by atoms with van der Waals surface area (Å²) in [5.74, 6) is -2.14. The molecule has 2 saturated heterocycles. The molecule has 0 aromatic carbocycles. The van der Waals surface area contributed by atoms with Gasteiger partial charge in [-0.25, -0.2) is 0 Å². The van der Waals surface area contributed by atoms with Crippen LogP contribution < -0.4 is 5.32 Å². The third-order valence-corrected chi connectivity index (χ3v) is 6.21. The van der Waals surface area contributed by atoms with E-state index in [1.807, 2.05) is 5.32 Å². The number of halogens is 3. The molecule has 2 amide bonds. The molecule has 3 rings (SSSR count). The van der Waals surface area contributed by atoms with E-state index in [9.17, 15) is 22.8 Å². The standard InChI is InChI=1S/C17H27F3N2O2/c1-14(2,3)11(21-13(24)17(18,19)20)12(23)22-8-10-7-16(6,9-22)15(10,4)5/h10-11H,7-9H2,1-6H3,(H,21,24)/t10-,11+,16+/m0/s1. The number of piperidine rings is 2. The molecule has 0 aromatic heterocycles. The summed E-state index contributed by atoms with van der Waals surface area (Å²) in [4.78, 5) is 25.8. The van der Waals surface area contributed by atoms with Crippen molar-refractivity contribution < 1.29 is 22.8 Å². The first-order valence-corrected chi connectivity index (χ1v) is 8.26. The van der Waals surface area contributed by atoms with Gasteiger partial charge < -0.3 is 10.2 Å². The number of amides is 2. The lowest BCUT2D eigenvalue weighted by Crippen LogP contribution is -2.69. The van der Waals surface area contributed by atoms with Crippen LogP contribution in [0, 0.1) is 22.2 Å². The Bertz CT molecular complexity index is 551. The number of hydrogen-bond donors (Lipinski definition) is 1. The van der Waals surface area contributed by atoms with Crippen molar-refractivity contribution in [2.45, 2.75) is 60.2 Å². The van der Waals surface area contributed by atoms with E-state index in [1.165, 1.54) is 0 Å². The van der Waals surface area contributed by atoms with E-state index in [0.29, 0.717) is 19.0 Å². The van der Waals surface area contributed by atoms with Crippen LogP contribution in [0.15, 0.2) is 0 Å². The maximum absolute atomic E-state index is 12.9. The largest absolute Gasteiger partial charge is 0.471 e. The molecule has 7 heteroatoms. The lowest BCUT2D eigenvalue weighted by atomic mass is 9.43. The van der Waals surface area contributed by atoms with E-state index in [4.69, 9.17) is 0 Å². The molecule has 24 heavy (non-hydrogen) atoms. The summed E-state index contributed by atoms with van der Waals surface area (Å²) in [5, 5.41) is 1.90. The zero-order valence-corrected chi connectivity index (χ0v) is 15.2. The van der Waals surface area contributed by atoms with Gasteiger partial charge in [0, 0.05) is 13.1 Å². The maximum Gasteiger partial charge on any atom is 0.471 e. The van der Waals surface area contributed by atoms with E-state index in [-0.39, 0.29) is 10.8 Å². The maximum atomic E-state index is 12.9. The van der Waals surface area contributed by atoms with Crippen molar-refractivity contribution in [2.24, 2.45) is 22.2 Å². The van der Waals surface area contributed by atoms with Crippen LogP contribution in [-0.2, 0) is 9.59 Å². The number of rotatable bonds is 2. The van der Waals surface area contributed by atoms with Gasteiger partial charge in [-0.1, -0.05) is 41.5 Å². The zero-order chi connectivity index (χ0) is 18.7. The fourth-order valence-corrected chi connectivity index (χ4v) is 3.95. The second-order valence-electron chi connectivity index (χ2n) is 9.17. The van der Waals surface area contributed by atoms with Crippen molar-refractivity contribution in [1.29, 1.82) is 0 Å². The number of fused-ring (bicyclic) bond motifs is 2. The highest BCUT2D eigenvalue weighted by Gasteiger charge is 2.61. The quantitative estimate of drug-likeness (QED) is 0.834. The van der Waals surface area contributed by atoms with E-state index in [0.717, 1.165) is 6.42 Å². The molecule has 1 saturated carbocycles. The molecular formula is C17H27F3N2O2. The van der Waals surface area contributed by atoms with Gasteiger partial charge in [-0.3, -0.25) is 9.59 Å². The molecule has 1 aliphatic carbocycles. The van der Waals surface area contributed by atoms with Crippen molar-refractivity contribution in [3.8, 4) is 0 Å². The molecule has 3 aliphatic rings. The van der Waals surface area contributed by atoms with Crippen LogP contribution in [0.25, 0.3) is 0 Å². The molecule has 1 N–H and O–H groups in total. The van der Waals surface area contributed by atoms with Crippen LogP contribution in [-0.4, -0.2) is 42.0 Å². The minimum absolute atomic E-state index is 0.0257. The molecule has 3 fully saturated rings. The Morgan fingerprint density at radius 2 is 1.71 bits per heavy atom. The lowest BCUT2D eigenvalue weighted by molar-refractivity contribution is -0.190. The summed E-state index contributed by atoms with van der Waals surface area (Å²) in [6, 6.07) is -1.20. The molecule has 2 aliphatic heterocycles. The Labute approximate surface area is 141 Å². The Hall–Kier alpha value is -1.27. The van der Waals surface area contributed by atoms with Crippen molar-refractivity contribution in [2.75, 3.05) is 13.1 Å². The minimum Gasteiger partial charge on any atom is -0.340 e. The highest BCUT2D eigenvalue weighted by molar-refractivity contribution is 5.90. The number of nitrogens with one attached hydrogen (secondary N) is 1. The van der Waals surface area contributed by atoms with Gasteiger partial charge in [0.25, 0.3) is 0 Å². The molecule has 3 atom stereocenters. The lowest BCUT2D eigenvalue weighted by Gasteiger charge is -2.67. The van der Waals surface area contributed by atoms with Crippen LogP contribution in [0.1, 0.15) is 48.0 Å². The minimum atomic E-state index is -5.00. The fourth-order valence-electron chi connectivity index (χ4n) is 3.95. The van der Waals surface area contributed by atoms with Gasteiger partial charge in [0.2, 0.25) is 5.91 Å². The van der Waals surface area contributed by atoms with Crippen LogP contribution in [0.5, 0.6) is 0 Å². The van der Waals surface area contributed by atoms with Gasteiger partial charge in [0.1, 0.15) is 6.04 Å². The molecule has 0 unspecified atom stereocenters. The monoisotopic (exact) mass is 348 g/mol. The van der Waals surface area contributed by atoms with E-state index < -0.39 is 29.4 Å². The van der Waals surface area contributed by atoms with Crippen molar-refractivity contribution >= 4 is 11.8 Å². The summed E-state index contributed by atoms with van der Waals surface area (Å²) in [5.41, 5.74) is -0.714. The SMILES string of the molecule is CC(C)(C)[C@H](NC(=O)C(F)(F)F)C(=O)N1C[C@@H]2C[C@](C)(C1)C2(C)C. The number of nitrogens with zero attached hydrogens (tertiary/aromatic N) is 1. The van der Waals surface area contributed by atoms with Gasteiger partial charge >= 0.3 is 12.1 Å². The summed E-state index contributed by atoms with van der Waals surface area (Å²) in [6.45, 7) is 12.5. The van der Waals surface area contributed by atoms with Gasteiger partial charge in [-0.15, -0.1) is 0 Å². The summed E-state index contributed by atoms with van der Waals surface area (Å²) in [7, 11) is 0. The summed E-state index contributed by atoms with van der Waals surface area (Å²) < 4.78 is 37.8. The van der Waals surface area contributed by atoms with Crippen LogP contribution >= 0.6 is 0 Å². The average Bonchev–Trinajstić information content (AvgIpc) is 2.40. The molecule has 0 aromatic rings. The third-order valence-electron chi connectivity index (χ3n) is 6.21. The van der Waals surface area contributed by atoms with Crippen LogP contribution in [0.3, 0.4) is 0 Å².